The van der Waals surface area contributed by atoms with Gasteiger partial charge in [-0.05, 0) is 55.2 Å². The van der Waals surface area contributed by atoms with Gasteiger partial charge in [-0.25, -0.2) is 0 Å². The van der Waals surface area contributed by atoms with Gasteiger partial charge in [-0.15, -0.1) is 0 Å². The lowest BCUT2D eigenvalue weighted by Crippen LogP contribution is -2.35. The van der Waals surface area contributed by atoms with E-state index in [1.807, 2.05) is 29.2 Å². The van der Waals surface area contributed by atoms with Gasteiger partial charge in [-0.3, -0.25) is 9.59 Å². The average molecular weight is 357 g/mol. The molecule has 130 valence electrons. The summed E-state index contributed by atoms with van der Waals surface area (Å²) in [5.41, 5.74) is 2.10. The van der Waals surface area contributed by atoms with Crippen LogP contribution in [0.4, 0.5) is 0 Å². The first-order valence-corrected chi connectivity index (χ1v) is 8.93. The molecule has 0 atom stereocenters. The number of benzene rings is 2. The summed E-state index contributed by atoms with van der Waals surface area (Å²) in [6, 6.07) is 14.3. The van der Waals surface area contributed by atoms with Crippen molar-refractivity contribution in [3.05, 3.63) is 70.2 Å². The van der Waals surface area contributed by atoms with Crippen molar-refractivity contribution < 1.29 is 9.59 Å². The van der Waals surface area contributed by atoms with Crippen LogP contribution >= 0.6 is 11.6 Å². The Labute approximate surface area is 152 Å². The highest BCUT2D eigenvalue weighted by Gasteiger charge is 2.18. The van der Waals surface area contributed by atoms with Gasteiger partial charge in [-0.2, -0.15) is 0 Å². The maximum absolute atomic E-state index is 12.6. The summed E-state index contributed by atoms with van der Waals surface area (Å²) in [7, 11) is 0. The van der Waals surface area contributed by atoms with E-state index in [-0.39, 0.29) is 11.8 Å². The zero-order valence-electron chi connectivity index (χ0n) is 14.0. The van der Waals surface area contributed by atoms with E-state index in [4.69, 9.17) is 11.6 Å². The van der Waals surface area contributed by atoms with Gasteiger partial charge in [0.05, 0.1) is 0 Å². The monoisotopic (exact) mass is 356 g/mol. The van der Waals surface area contributed by atoms with Gasteiger partial charge in [0.2, 0.25) is 0 Å². The van der Waals surface area contributed by atoms with Crippen molar-refractivity contribution in [1.82, 2.24) is 10.2 Å². The summed E-state index contributed by atoms with van der Waals surface area (Å²) < 4.78 is 0. The Kier molecular flexibility index (Phi) is 5.71. The molecule has 25 heavy (non-hydrogen) atoms. The molecule has 5 heteroatoms. The van der Waals surface area contributed by atoms with Gasteiger partial charge in [-0.1, -0.05) is 29.8 Å². The van der Waals surface area contributed by atoms with Crippen molar-refractivity contribution in [1.29, 1.82) is 0 Å². The molecule has 1 heterocycles. The number of likely N-dealkylation sites (tertiary alicyclic amines) is 1. The molecule has 1 N–H and O–H groups in total. The number of amides is 2. The number of halogens is 1. The van der Waals surface area contributed by atoms with Crippen molar-refractivity contribution in [3.8, 4) is 0 Å². The molecule has 0 spiro atoms. The Morgan fingerprint density at radius 2 is 1.68 bits per heavy atom. The molecule has 1 aliphatic heterocycles. The molecule has 4 nitrogen and oxygen atoms in total. The third kappa shape index (κ3) is 4.60. The fourth-order valence-electron chi connectivity index (χ4n) is 3.01. The summed E-state index contributed by atoms with van der Waals surface area (Å²) in [5, 5.41) is 3.40. The minimum atomic E-state index is -0.185. The smallest absolute Gasteiger partial charge is 0.253 e. The summed E-state index contributed by atoms with van der Waals surface area (Å²) >= 11 is 5.91. The Bertz CT molecular complexity index is 770. The number of nitrogens with zero attached hydrogens (tertiary/aromatic N) is 1. The molecule has 3 rings (SSSR count). The topological polar surface area (TPSA) is 49.4 Å². The van der Waals surface area contributed by atoms with Gasteiger partial charge >= 0.3 is 0 Å². The summed E-state index contributed by atoms with van der Waals surface area (Å²) in [5.74, 6) is -0.113. The second kappa shape index (κ2) is 8.17. The largest absolute Gasteiger partial charge is 0.348 e. The van der Waals surface area contributed by atoms with E-state index in [0.29, 0.717) is 22.7 Å². The first-order valence-electron chi connectivity index (χ1n) is 8.55. The van der Waals surface area contributed by atoms with Crippen molar-refractivity contribution in [2.24, 2.45) is 0 Å². The highest BCUT2D eigenvalue weighted by Crippen LogP contribution is 2.15. The van der Waals surface area contributed by atoms with Gasteiger partial charge in [0, 0.05) is 35.8 Å². The van der Waals surface area contributed by atoms with Crippen molar-refractivity contribution in [2.45, 2.75) is 25.8 Å². The molecule has 0 saturated carbocycles. The number of carbonyl (C=O) groups excluding carboxylic acids is 2. The first-order chi connectivity index (χ1) is 12.1. The fraction of sp³-hybridized carbons (Fsp3) is 0.300. The molecule has 0 aliphatic carbocycles. The number of piperidine rings is 1. The summed E-state index contributed by atoms with van der Waals surface area (Å²) in [6.07, 6.45) is 3.33. The van der Waals surface area contributed by atoms with Crippen LogP contribution in [0.25, 0.3) is 0 Å². The van der Waals surface area contributed by atoms with Gasteiger partial charge < -0.3 is 10.2 Å². The summed E-state index contributed by atoms with van der Waals surface area (Å²) in [6.45, 7) is 2.02. The van der Waals surface area contributed by atoms with E-state index in [2.05, 4.69) is 5.32 Å². The Morgan fingerprint density at radius 3 is 2.44 bits per heavy atom. The van der Waals surface area contributed by atoms with Gasteiger partial charge in [0.25, 0.3) is 11.8 Å². The van der Waals surface area contributed by atoms with E-state index in [0.717, 1.165) is 31.5 Å². The minimum absolute atomic E-state index is 0.0720. The third-order valence-corrected chi connectivity index (χ3v) is 4.59. The average Bonchev–Trinajstić information content (AvgIpc) is 2.66. The second-order valence-corrected chi connectivity index (χ2v) is 6.68. The van der Waals surface area contributed by atoms with Crippen LogP contribution in [0.5, 0.6) is 0 Å². The molecule has 2 amide bonds. The number of nitrogens with one attached hydrogen (secondary N) is 1. The van der Waals surface area contributed by atoms with E-state index in [9.17, 15) is 9.59 Å². The Morgan fingerprint density at radius 1 is 0.960 bits per heavy atom. The Hall–Kier alpha value is -2.33. The molecule has 0 radical (unpaired) electrons. The zero-order valence-corrected chi connectivity index (χ0v) is 14.8. The molecule has 2 aromatic rings. The normalized spacial score (nSPS) is 14.2. The quantitative estimate of drug-likeness (QED) is 0.903. The molecular formula is C20H21ClN2O2. The van der Waals surface area contributed by atoms with E-state index >= 15 is 0 Å². The minimum Gasteiger partial charge on any atom is -0.348 e. The van der Waals surface area contributed by atoms with E-state index in [1.165, 1.54) is 6.42 Å². The standard InChI is InChI=1S/C20H21ClN2O2/c21-18-9-5-7-16(13-18)19(24)22-14-15-6-4-8-17(12-15)20(25)23-10-2-1-3-11-23/h4-9,12-13H,1-3,10-11,14H2,(H,22,24). The second-order valence-electron chi connectivity index (χ2n) is 6.25. The van der Waals surface area contributed by atoms with Crippen LogP contribution in [0, 0.1) is 0 Å². The maximum Gasteiger partial charge on any atom is 0.253 e. The van der Waals surface area contributed by atoms with E-state index < -0.39 is 0 Å². The number of carbonyl (C=O) groups is 2. The lowest BCUT2D eigenvalue weighted by atomic mass is 10.1. The molecule has 1 aliphatic rings. The van der Waals surface area contributed by atoms with Crippen LogP contribution in [0.2, 0.25) is 5.02 Å². The van der Waals surface area contributed by atoms with Gasteiger partial charge in [0.1, 0.15) is 0 Å². The highest BCUT2D eigenvalue weighted by molar-refractivity contribution is 6.30. The maximum atomic E-state index is 12.6. The van der Waals surface area contributed by atoms with Gasteiger partial charge in [0.15, 0.2) is 0 Å². The van der Waals surface area contributed by atoms with Crippen LogP contribution < -0.4 is 5.32 Å². The SMILES string of the molecule is O=C(NCc1cccc(C(=O)N2CCCCC2)c1)c1cccc(Cl)c1. The third-order valence-electron chi connectivity index (χ3n) is 4.36. The molecule has 1 saturated heterocycles. The predicted octanol–water partition coefficient (Wildman–Crippen LogP) is 3.90. The van der Waals surface area contributed by atoms with Crippen LogP contribution in [0.3, 0.4) is 0 Å². The molecule has 0 bridgehead atoms. The summed E-state index contributed by atoms with van der Waals surface area (Å²) in [4.78, 5) is 26.7. The Balaban J connectivity index is 1.63. The number of hydrogen-bond acceptors (Lipinski definition) is 2. The van der Waals surface area contributed by atoms with Crippen molar-refractivity contribution in [2.75, 3.05) is 13.1 Å². The molecular weight excluding hydrogens is 336 g/mol. The van der Waals surface area contributed by atoms with Crippen molar-refractivity contribution >= 4 is 23.4 Å². The van der Waals surface area contributed by atoms with Crippen LogP contribution in [0.1, 0.15) is 45.5 Å². The molecule has 2 aromatic carbocycles. The highest BCUT2D eigenvalue weighted by atomic mass is 35.5. The number of hydrogen-bond donors (Lipinski definition) is 1. The van der Waals surface area contributed by atoms with E-state index in [1.54, 1.807) is 24.3 Å². The fourth-order valence-corrected chi connectivity index (χ4v) is 3.20. The van der Waals surface area contributed by atoms with Crippen molar-refractivity contribution in [3.63, 3.8) is 0 Å². The molecule has 0 unspecified atom stereocenters. The first kappa shape index (κ1) is 17.5. The molecule has 1 fully saturated rings. The lowest BCUT2D eigenvalue weighted by molar-refractivity contribution is 0.0724. The lowest BCUT2D eigenvalue weighted by Gasteiger charge is -2.26. The zero-order chi connectivity index (χ0) is 17.6. The van der Waals surface area contributed by atoms with Crippen LogP contribution in [0.15, 0.2) is 48.5 Å². The van der Waals surface area contributed by atoms with Crippen LogP contribution in [-0.2, 0) is 6.54 Å². The molecule has 0 aromatic heterocycles. The van der Waals surface area contributed by atoms with Crippen LogP contribution in [-0.4, -0.2) is 29.8 Å². The number of rotatable bonds is 4. The predicted molar refractivity (Wildman–Crippen MR) is 98.8 cm³/mol.